The van der Waals surface area contributed by atoms with Gasteiger partial charge in [0.1, 0.15) is 17.1 Å². The summed E-state index contributed by atoms with van der Waals surface area (Å²) in [4.78, 5) is 21.5. The van der Waals surface area contributed by atoms with E-state index >= 15 is 0 Å². The average molecular weight is 529 g/mol. The van der Waals surface area contributed by atoms with Gasteiger partial charge in [0.05, 0.1) is 10.6 Å². The highest BCUT2D eigenvalue weighted by Crippen LogP contribution is 2.28. The molecule has 0 bridgehead atoms. The smallest absolute Gasteiger partial charge is 0.339 e. The third-order valence-electron chi connectivity index (χ3n) is 3.31. The fraction of sp³-hybridized carbons (Fsp3) is 0. The molecule has 0 aromatic heterocycles. The van der Waals surface area contributed by atoms with E-state index in [1.54, 1.807) is 36.4 Å². The summed E-state index contributed by atoms with van der Waals surface area (Å²) in [5.41, 5.74) is 0.256. The van der Waals surface area contributed by atoms with Crippen molar-refractivity contribution >= 4 is 55.4 Å². The third-order valence-corrected chi connectivity index (χ3v) is 4.61. The monoisotopic (exact) mass is 526 g/mol. The van der Waals surface area contributed by atoms with E-state index in [-0.39, 0.29) is 16.1 Å². The Morgan fingerprint density at radius 2 is 1.32 bits per heavy atom. The number of hydrogen-bond acceptors (Lipinski definition) is 3. The molecule has 2 N–H and O–H groups in total. The van der Waals surface area contributed by atoms with Gasteiger partial charge in [-0.3, -0.25) is 0 Å². The molecule has 3 aromatic carbocycles. The van der Waals surface area contributed by atoms with Crippen LogP contribution in [0.1, 0.15) is 20.7 Å². The zero-order valence-electron chi connectivity index (χ0n) is 14.1. The third kappa shape index (κ3) is 6.37. The van der Waals surface area contributed by atoms with E-state index in [4.69, 9.17) is 26.6 Å². The Bertz CT molecular complexity index is 993. The van der Waals surface area contributed by atoms with Crippen LogP contribution in [0, 0.1) is 0 Å². The number of carbonyl (C=O) groups is 2. The first-order valence-corrected chi connectivity index (χ1v) is 9.68. The fourth-order valence-electron chi connectivity index (χ4n) is 2.04. The predicted octanol–water partition coefficient (Wildman–Crippen LogP) is 6.74. The van der Waals surface area contributed by atoms with Gasteiger partial charge in [0, 0.05) is 8.95 Å². The quantitative estimate of drug-likeness (QED) is 0.392. The molecule has 28 heavy (non-hydrogen) atoms. The summed E-state index contributed by atoms with van der Waals surface area (Å²) in [7, 11) is 0. The first-order valence-electron chi connectivity index (χ1n) is 7.72. The molecule has 0 atom stereocenters. The number of benzene rings is 3. The summed E-state index contributed by atoms with van der Waals surface area (Å²) in [6.07, 6.45) is 0. The molecule has 0 spiro atoms. The van der Waals surface area contributed by atoms with Crippen LogP contribution >= 0.6 is 43.5 Å². The van der Waals surface area contributed by atoms with Gasteiger partial charge in [-0.05, 0) is 48.5 Å². The summed E-state index contributed by atoms with van der Waals surface area (Å²) in [5.74, 6) is -1.10. The zero-order valence-corrected chi connectivity index (χ0v) is 18.0. The second kappa shape index (κ2) is 10.3. The van der Waals surface area contributed by atoms with Crippen LogP contribution in [0.15, 0.2) is 75.7 Å². The van der Waals surface area contributed by atoms with Crippen molar-refractivity contribution in [1.29, 1.82) is 0 Å². The van der Waals surface area contributed by atoms with Crippen molar-refractivity contribution in [3.05, 3.63) is 91.8 Å². The van der Waals surface area contributed by atoms with Crippen molar-refractivity contribution in [2.24, 2.45) is 0 Å². The van der Waals surface area contributed by atoms with Gasteiger partial charge in [-0.1, -0.05) is 61.7 Å². The topological polar surface area (TPSA) is 83.8 Å². The molecule has 0 unspecified atom stereocenters. The fourth-order valence-corrected chi connectivity index (χ4v) is 3.13. The molecule has 0 amide bonds. The van der Waals surface area contributed by atoms with Gasteiger partial charge in [-0.25, -0.2) is 9.59 Å². The number of aromatic carboxylic acids is 2. The molecular weight excluding hydrogens is 515 g/mol. The van der Waals surface area contributed by atoms with E-state index in [1.807, 2.05) is 18.2 Å². The van der Waals surface area contributed by atoms with Crippen LogP contribution in [0.5, 0.6) is 11.5 Å². The molecular formula is C20H13Br2ClO5. The molecule has 0 radical (unpaired) electrons. The minimum atomic E-state index is -1.01. The van der Waals surface area contributed by atoms with E-state index in [2.05, 4.69) is 31.9 Å². The standard InChI is InChI=1S/C13H9BrO3.C7H4BrClO2/c14-9-6-7-11(13(15)16)12(8-9)17-10-4-2-1-3-5-10;8-4-1-2-5(7(10)11)6(9)3-4/h1-8H,(H,15,16);1-3H,(H,10,11). The Hall–Kier alpha value is -2.35. The number of ether oxygens (including phenoxy) is 1. The number of hydrogen-bond donors (Lipinski definition) is 2. The average Bonchev–Trinajstić information content (AvgIpc) is 2.62. The van der Waals surface area contributed by atoms with Crippen LogP contribution < -0.4 is 4.74 Å². The summed E-state index contributed by atoms with van der Waals surface area (Å²) in [6, 6.07) is 18.5. The maximum Gasteiger partial charge on any atom is 0.339 e. The number of halogens is 3. The van der Waals surface area contributed by atoms with Crippen LogP contribution in [-0.4, -0.2) is 22.2 Å². The lowest BCUT2D eigenvalue weighted by molar-refractivity contribution is 0.0684. The highest BCUT2D eigenvalue weighted by atomic mass is 79.9. The Morgan fingerprint density at radius 3 is 1.86 bits per heavy atom. The van der Waals surface area contributed by atoms with Gasteiger partial charge in [-0.15, -0.1) is 0 Å². The highest BCUT2D eigenvalue weighted by Gasteiger charge is 2.12. The minimum absolute atomic E-state index is 0.120. The number of carboxylic acids is 2. The Kier molecular flexibility index (Phi) is 8.04. The van der Waals surface area contributed by atoms with Crippen LogP contribution in [-0.2, 0) is 0 Å². The minimum Gasteiger partial charge on any atom is -0.478 e. The Balaban J connectivity index is 0.000000221. The number of rotatable bonds is 4. The van der Waals surface area contributed by atoms with Crippen molar-refractivity contribution in [1.82, 2.24) is 0 Å². The van der Waals surface area contributed by atoms with E-state index < -0.39 is 11.9 Å². The second-order valence-electron chi connectivity index (χ2n) is 5.29. The molecule has 0 fully saturated rings. The number of para-hydroxylation sites is 1. The molecule has 0 aliphatic rings. The molecule has 144 valence electrons. The summed E-state index contributed by atoms with van der Waals surface area (Å²) >= 11 is 12.1. The van der Waals surface area contributed by atoms with Gasteiger partial charge in [0.2, 0.25) is 0 Å². The van der Waals surface area contributed by atoms with Crippen molar-refractivity contribution < 1.29 is 24.5 Å². The van der Waals surface area contributed by atoms with E-state index in [0.717, 1.165) is 8.95 Å². The molecule has 3 rings (SSSR count). The van der Waals surface area contributed by atoms with Crippen molar-refractivity contribution in [2.45, 2.75) is 0 Å². The molecule has 5 nitrogen and oxygen atoms in total. The SMILES string of the molecule is O=C(O)c1ccc(Br)cc1Cl.O=C(O)c1ccc(Br)cc1Oc1ccccc1. The molecule has 0 aliphatic carbocycles. The molecule has 0 heterocycles. The molecule has 0 saturated heterocycles. The molecule has 3 aromatic rings. The van der Waals surface area contributed by atoms with Crippen LogP contribution in [0.3, 0.4) is 0 Å². The lowest BCUT2D eigenvalue weighted by Crippen LogP contribution is -1.99. The van der Waals surface area contributed by atoms with Gasteiger partial charge in [0.25, 0.3) is 0 Å². The lowest BCUT2D eigenvalue weighted by atomic mass is 10.2. The molecule has 0 saturated carbocycles. The summed E-state index contributed by atoms with van der Waals surface area (Å²) < 4.78 is 7.08. The van der Waals surface area contributed by atoms with Crippen LogP contribution in [0.2, 0.25) is 5.02 Å². The predicted molar refractivity (Wildman–Crippen MR) is 114 cm³/mol. The Labute approximate surface area is 182 Å². The largest absolute Gasteiger partial charge is 0.478 e. The van der Waals surface area contributed by atoms with Gasteiger partial charge in [0.15, 0.2) is 0 Å². The van der Waals surface area contributed by atoms with Crippen molar-refractivity contribution in [3.8, 4) is 11.5 Å². The zero-order chi connectivity index (χ0) is 20.7. The normalized spacial score (nSPS) is 9.82. The van der Waals surface area contributed by atoms with Crippen molar-refractivity contribution in [3.63, 3.8) is 0 Å². The maximum absolute atomic E-state index is 11.0. The van der Waals surface area contributed by atoms with E-state index in [0.29, 0.717) is 11.5 Å². The first-order chi connectivity index (χ1) is 13.3. The van der Waals surface area contributed by atoms with Crippen molar-refractivity contribution in [2.75, 3.05) is 0 Å². The second-order valence-corrected chi connectivity index (χ2v) is 7.53. The summed E-state index contributed by atoms with van der Waals surface area (Å²) in [5, 5.41) is 17.8. The highest BCUT2D eigenvalue weighted by molar-refractivity contribution is 9.10. The first kappa shape index (κ1) is 21.9. The van der Waals surface area contributed by atoms with Crippen LogP contribution in [0.25, 0.3) is 0 Å². The summed E-state index contributed by atoms with van der Waals surface area (Å²) in [6.45, 7) is 0. The lowest BCUT2D eigenvalue weighted by Gasteiger charge is -2.08. The van der Waals surface area contributed by atoms with E-state index in [9.17, 15) is 9.59 Å². The maximum atomic E-state index is 11.0. The van der Waals surface area contributed by atoms with Gasteiger partial charge in [-0.2, -0.15) is 0 Å². The van der Waals surface area contributed by atoms with Crippen LogP contribution in [0.4, 0.5) is 0 Å². The van der Waals surface area contributed by atoms with E-state index in [1.165, 1.54) is 12.1 Å². The number of carboxylic acid groups (broad SMARTS) is 2. The van der Waals surface area contributed by atoms with Gasteiger partial charge < -0.3 is 14.9 Å². The van der Waals surface area contributed by atoms with Gasteiger partial charge >= 0.3 is 11.9 Å². The molecule has 0 aliphatic heterocycles. The Morgan fingerprint density at radius 1 is 0.786 bits per heavy atom. The molecule has 8 heteroatoms.